The first-order chi connectivity index (χ1) is 16.1. The van der Waals surface area contributed by atoms with Crippen molar-refractivity contribution in [1.29, 1.82) is 0 Å². The third kappa shape index (κ3) is 6.02. The Bertz CT molecular complexity index is 1240. The van der Waals surface area contributed by atoms with Crippen LogP contribution in [-0.2, 0) is 29.0 Å². The molecule has 3 aromatic carbocycles. The molecule has 4 aromatic rings. The summed E-state index contributed by atoms with van der Waals surface area (Å²) in [7, 11) is 0. The van der Waals surface area contributed by atoms with Crippen LogP contribution in [0.3, 0.4) is 0 Å². The van der Waals surface area contributed by atoms with Crippen LogP contribution in [-0.4, -0.2) is 32.0 Å². The van der Waals surface area contributed by atoms with Crippen LogP contribution >= 0.6 is 0 Å². The minimum Gasteiger partial charge on any atom is -0.350 e. The molecule has 168 valence electrons. The summed E-state index contributed by atoms with van der Waals surface area (Å²) in [4.78, 5) is 24.1. The molecule has 0 fully saturated rings. The fraction of sp³-hybridized carbons (Fsp3) is 0.200. The van der Waals surface area contributed by atoms with Gasteiger partial charge in [-0.3, -0.25) is 14.8 Å². The van der Waals surface area contributed by atoms with Crippen LogP contribution in [0, 0.1) is 0 Å². The van der Waals surface area contributed by atoms with Crippen molar-refractivity contribution in [1.82, 2.24) is 25.8 Å². The van der Waals surface area contributed by atoms with Gasteiger partial charge in [0.25, 0.3) is 0 Å². The fourth-order valence-corrected chi connectivity index (χ4v) is 3.76. The summed E-state index contributed by atoms with van der Waals surface area (Å²) in [6.07, 6.45) is 2.57. The summed E-state index contributed by atoms with van der Waals surface area (Å²) < 4.78 is 1.61. The number of rotatable bonds is 9. The van der Waals surface area contributed by atoms with E-state index in [4.69, 9.17) is 5.21 Å². The van der Waals surface area contributed by atoms with E-state index in [-0.39, 0.29) is 31.3 Å². The number of fused-ring (bicyclic) bond motifs is 1. The van der Waals surface area contributed by atoms with E-state index in [1.54, 1.807) is 16.4 Å². The Balaban J connectivity index is 1.43. The maximum atomic E-state index is 12.2. The van der Waals surface area contributed by atoms with Crippen molar-refractivity contribution in [3.8, 4) is 0 Å². The van der Waals surface area contributed by atoms with Crippen LogP contribution in [0.1, 0.15) is 29.3 Å². The van der Waals surface area contributed by atoms with E-state index in [0.717, 1.165) is 21.9 Å². The van der Waals surface area contributed by atoms with E-state index in [9.17, 15) is 9.59 Å². The Morgan fingerprint density at radius 2 is 1.67 bits per heavy atom. The summed E-state index contributed by atoms with van der Waals surface area (Å²) >= 11 is 0. The molecule has 1 heterocycles. The zero-order valence-electron chi connectivity index (χ0n) is 18.0. The van der Waals surface area contributed by atoms with Gasteiger partial charge in [0.1, 0.15) is 5.69 Å². The van der Waals surface area contributed by atoms with Crippen LogP contribution in [0.2, 0.25) is 0 Å². The Kier molecular flexibility index (Phi) is 7.06. The van der Waals surface area contributed by atoms with Gasteiger partial charge in [0.2, 0.25) is 11.8 Å². The molecule has 4 rings (SSSR count). The van der Waals surface area contributed by atoms with Crippen LogP contribution in [0.25, 0.3) is 10.8 Å². The molecule has 0 aliphatic rings. The van der Waals surface area contributed by atoms with E-state index < -0.39 is 5.91 Å². The van der Waals surface area contributed by atoms with Crippen LogP contribution in [0.15, 0.2) is 79.0 Å². The smallest absolute Gasteiger partial charge is 0.245 e. The van der Waals surface area contributed by atoms with Gasteiger partial charge in [0, 0.05) is 0 Å². The molecular weight excluding hydrogens is 418 g/mol. The highest BCUT2D eigenvalue weighted by molar-refractivity contribution is 5.83. The molecule has 2 amide bonds. The van der Waals surface area contributed by atoms with Gasteiger partial charge in [-0.1, -0.05) is 78.0 Å². The zero-order valence-corrected chi connectivity index (χ0v) is 18.0. The number of carbonyl (C=O) groups is 2. The minimum absolute atomic E-state index is 0.0342. The zero-order chi connectivity index (χ0) is 23.0. The second-order valence-corrected chi connectivity index (χ2v) is 7.91. The lowest BCUT2D eigenvalue weighted by molar-refractivity contribution is -0.130. The summed E-state index contributed by atoms with van der Waals surface area (Å²) in [6.45, 7) is 0.237. The highest BCUT2D eigenvalue weighted by Crippen LogP contribution is 2.22. The van der Waals surface area contributed by atoms with E-state index in [2.05, 4.69) is 21.7 Å². The lowest BCUT2D eigenvalue weighted by Crippen LogP contribution is -2.25. The first-order valence-corrected chi connectivity index (χ1v) is 10.7. The molecule has 8 nitrogen and oxygen atoms in total. The number of hydrogen-bond acceptors (Lipinski definition) is 5. The molecule has 0 spiro atoms. The predicted molar refractivity (Wildman–Crippen MR) is 123 cm³/mol. The van der Waals surface area contributed by atoms with Gasteiger partial charge in [-0.15, -0.1) is 5.10 Å². The second-order valence-electron chi connectivity index (χ2n) is 7.91. The van der Waals surface area contributed by atoms with Crippen molar-refractivity contribution in [2.45, 2.75) is 31.8 Å². The molecule has 0 saturated heterocycles. The van der Waals surface area contributed by atoms with Gasteiger partial charge in [-0.25, -0.2) is 10.2 Å². The Morgan fingerprint density at radius 1 is 0.909 bits per heavy atom. The number of aromatic nitrogens is 3. The lowest BCUT2D eigenvalue weighted by atomic mass is 10.00. The molecule has 0 bridgehead atoms. The van der Waals surface area contributed by atoms with Crippen molar-refractivity contribution in [2.75, 3.05) is 0 Å². The van der Waals surface area contributed by atoms with Gasteiger partial charge < -0.3 is 5.32 Å². The topological polar surface area (TPSA) is 109 Å². The van der Waals surface area contributed by atoms with E-state index in [1.165, 1.54) is 0 Å². The average molecular weight is 444 g/mol. The molecule has 0 unspecified atom stereocenters. The van der Waals surface area contributed by atoms with E-state index in [0.29, 0.717) is 12.1 Å². The molecule has 1 atom stereocenters. The first kappa shape index (κ1) is 22.2. The highest BCUT2D eigenvalue weighted by atomic mass is 16.5. The number of hydrogen-bond donors (Lipinski definition) is 3. The summed E-state index contributed by atoms with van der Waals surface area (Å²) in [5, 5.41) is 22.4. The van der Waals surface area contributed by atoms with Gasteiger partial charge in [0.05, 0.1) is 31.6 Å². The number of benzene rings is 3. The van der Waals surface area contributed by atoms with Crippen LogP contribution in [0.4, 0.5) is 0 Å². The number of carbonyl (C=O) groups excluding carboxylic acids is 2. The molecule has 8 heteroatoms. The lowest BCUT2D eigenvalue weighted by Gasteiger charge is -2.16. The summed E-state index contributed by atoms with van der Waals surface area (Å²) in [6, 6.07) is 23.4. The summed E-state index contributed by atoms with van der Waals surface area (Å²) in [5.74, 6) is -0.614. The van der Waals surface area contributed by atoms with Gasteiger partial charge in [-0.05, 0) is 28.3 Å². The Labute approximate surface area is 191 Å². The molecule has 0 aliphatic heterocycles. The molecule has 0 radical (unpaired) electrons. The van der Waals surface area contributed by atoms with Gasteiger partial charge in [-0.2, -0.15) is 0 Å². The fourth-order valence-electron chi connectivity index (χ4n) is 3.76. The number of hydroxylamine groups is 1. The average Bonchev–Trinajstić information content (AvgIpc) is 3.32. The van der Waals surface area contributed by atoms with Crippen molar-refractivity contribution in [2.24, 2.45) is 0 Å². The van der Waals surface area contributed by atoms with Crippen LogP contribution in [0.5, 0.6) is 0 Å². The quantitative estimate of drug-likeness (QED) is 0.272. The van der Waals surface area contributed by atoms with Crippen LogP contribution < -0.4 is 10.8 Å². The van der Waals surface area contributed by atoms with Crippen molar-refractivity contribution < 1.29 is 14.8 Å². The predicted octanol–water partition coefficient (Wildman–Crippen LogP) is 2.97. The highest BCUT2D eigenvalue weighted by Gasteiger charge is 2.19. The molecule has 1 aromatic heterocycles. The van der Waals surface area contributed by atoms with Gasteiger partial charge >= 0.3 is 0 Å². The van der Waals surface area contributed by atoms with Crippen molar-refractivity contribution in [3.05, 3.63) is 95.8 Å². The normalized spacial score (nSPS) is 11.8. The molecule has 33 heavy (non-hydrogen) atoms. The van der Waals surface area contributed by atoms with Crippen molar-refractivity contribution in [3.63, 3.8) is 0 Å². The molecule has 0 saturated carbocycles. The maximum absolute atomic E-state index is 12.2. The molecule has 0 aliphatic carbocycles. The Morgan fingerprint density at radius 3 is 2.45 bits per heavy atom. The molecule has 3 N–H and O–H groups in total. The number of amides is 2. The van der Waals surface area contributed by atoms with Gasteiger partial charge in [0.15, 0.2) is 0 Å². The number of nitrogens with zero attached hydrogens (tertiary/aromatic N) is 3. The molecular formula is C25H25N5O3. The standard InChI is InChI=1S/C25H25N5O3/c31-24(14-18-6-2-1-3-7-18)26-16-22-17-30(29-27-22)23(15-25(32)28-33)13-19-10-11-20-8-4-5-9-21(20)12-19/h1-12,17,23,33H,13-16H2,(H,26,31)(H,28,32)/t23-/m1/s1. The van der Waals surface area contributed by atoms with E-state index >= 15 is 0 Å². The van der Waals surface area contributed by atoms with E-state index in [1.807, 2.05) is 66.7 Å². The SMILES string of the molecule is O=C(C[C@@H](Cc1ccc2ccccc2c1)n1cc(CNC(=O)Cc2ccccc2)nn1)NO. The van der Waals surface area contributed by atoms with Crippen molar-refractivity contribution >= 4 is 22.6 Å². The first-order valence-electron chi connectivity index (χ1n) is 10.7. The Hall–Kier alpha value is -4.04. The summed E-state index contributed by atoms with van der Waals surface area (Å²) in [5.41, 5.74) is 4.25. The monoisotopic (exact) mass is 443 g/mol. The third-order valence-corrected chi connectivity index (χ3v) is 5.44. The maximum Gasteiger partial charge on any atom is 0.245 e. The third-order valence-electron chi connectivity index (χ3n) is 5.44. The largest absolute Gasteiger partial charge is 0.350 e. The number of nitrogens with one attached hydrogen (secondary N) is 2. The second kappa shape index (κ2) is 10.5. The minimum atomic E-state index is -0.506.